The first-order valence-corrected chi connectivity index (χ1v) is 9.45. The first kappa shape index (κ1) is 17.6. The van der Waals surface area contributed by atoms with Gasteiger partial charge in [-0.1, -0.05) is 32.1 Å². The summed E-state index contributed by atoms with van der Waals surface area (Å²) in [7, 11) is 0. The van der Waals surface area contributed by atoms with Crippen molar-refractivity contribution < 1.29 is 4.79 Å². The zero-order chi connectivity index (χ0) is 17.8. The number of nitrogens with one attached hydrogen (secondary N) is 2. The van der Waals surface area contributed by atoms with Gasteiger partial charge in [0.15, 0.2) is 5.13 Å². The molecular formula is C17H22N4O3S. The number of hydrogen-bond acceptors (Lipinski definition) is 5. The molecule has 7 nitrogen and oxygen atoms in total. The number of amides is 1. The molecule has 2 aromatic rings. The van der Waals surface area contributed by atoms with Gasteiger partial charge in [-0.05, 0) is 19.3 Å². The van der Waals surface area contributed by atoms with E-state index in [4.69, 9.17) is 0 Å². The van der Waals surface area contributed by atoms with Crippen LogP contribution < -0.4 is 16.6 Å². The fraction of sp³-hybridized carbons (Fsp3) is 0.529. The van der Waals surface area contributed by atoms with Crippen molar-refractivity contribution in [2.24, 2.45) is 5.92 Å². The fourth-order valence-corrected chi connectivity index (χ4v) is 3.91. The molecule has 134 valence electrons. The molecule has 8 heteroatoms. The van der Waals surface area contributed by atoms with E-state index in [1.807, 2.05) is 0 Å². The third kappa shape index (κ3) is 4.25. The number of H-pyrrole nitrogens is 1. The second kappa shape index (κ2) is 7.77. The normalized spacial score (nSPS) is 16.5. The molecule has 0 bridgehead atoms. The van der Waals surface area contributed by atoms with Crippen LogP contribution >= 0.6 is 11.3 Å². The van der Waals surface area contributed by atoms with Gasteiger partial charge in [0.25, 0.3) is 5.56 Å². The van der Waals surface area contributed by atoms with Gasteiger partial charge in [0.2, 0.25) is 5.91 Å². The third-order valence-electron chi connectivity index (χ3n) is 4.73. The van der Waals surface area contributed by atoms with E-state index in [0.717, 1.165) is 25.7 Å². The largest absolute Gasteiger partial charge is 0.329 e. The maximum Gasteiger partial charge on any atom is 0.329 e. The van der Waals surface area contributed by atoms with E-state index in [2.05, 4.69) is 15.3 Å². The molecule has 1 aliphatic rings. The summed E-state index contributed by atoms with van der Waals surface area (Å²) in [6.07, 6.45) is 9.36. The minimum Gasteiger partial charge on any atom is -0.300 e. The van der Waals surface area contributed by atoms with Crippen molar-refractivity contribution in [3.63, 3.8) is 0 Å². The summed E-state index contributed by atoms with van der Waals surface area (Å²) < 4.78 is 1.36. The predicted molar refractivity (Wildman–Crippen MR) is 97.0 cm³/mol. The van der Waals surface area contributed by atoms with Gasteiger partial charge in [0, 0.05) is 23.3 Å². The van der Waals surface area contributed by atoms with Crippen LogP contribution in [0.3, 0.4) is 0 Å². The van der Waals surface area contributed by atoms with Crippen molar-refractivity contribution >= 4 is 22.4 Å². The zero-order valence-electron chi connectivity index (χ0n) is 14.2. The van der Waals surface area contributed by atoms with Gasteiger partial charge in [-0.3, -0.25) is 19.1 Å². The van der Waals surface area contributed by atoms with Crippen molar-refractivity contribution in [2.45, 2.75) is 51.5 Å². The molecule has 1 unspecified atom stereocenters. The molecule has 3 rings (SSSR count). The summed E-state index contributed by atoms with van der Waals surface area (Å²) in [4.78, 5) is 43.2. The number of rotatable bonds is 5. The van der Waals surface area contributed by atoms with Gasteiger partial charge >= 0.3 is 5.69 Å². The van der Waals surface area contributed by atoms with Gasteiger partial charge in [-0.2, -0.15) is 0 Å². The Kier molecular flexibility index (Phi) is 5.47. The number of aromatic nitrogens is 3. The van der Waals surface area contributed by atoms with Crippen LogP contribution in [0.2, 0.25) is 0 Å². The Hall–Kier alpha value is -2.22. The van der Waals surface area contributed by atoms with Gasteiger partial charge in [0.1, 0.15) is 6.04 Å². The van der Waals surface area contributed by atoms with E-state index in [0.29, 0.717) is 23.0 Å². The standard InChI is InChI=1S/C17H22N4O3S/c1-11-10-21(17(24)20-14(11)22)13(9-12-5-3-2-4-6-12)15(23)19-16-18-7-8-25-16/h7-8,10,12-13H,2-6,9H2,1H3,(H,18,19,23)(H,20,22,24). The second-order valence-corrected chi connectivity index (χ2v) is 7.46. The molecule has 0 spiro atoms. The molecule has 1 fully saturated rings. The van der Waals surface area contributed by atoms with Crippen LogP contribution in [-0.4, -0.2) is 20.4 Å². The SMILES string of the molecule is Cc1cn(C(CC2CCCCC2)C(=O)Nc2nccs2)c(=O)[nH]c1=O. The Morgan fingerprint density at radius 2 is 2.16 bits per heavy atom. The first-order chi connectivity index (χ1) is 12.0. The Labute approximate surface area is 149 Å². The molecule has 2 heterocycles. The summed E-state index contributed by atoms with van der Waals surface area (Å²) in [5.74, 6) is 0.133. The summed E-state index contributed by atoms with van der Waals surface area (Å²) in [5.41, 5.74) is -0.556. The highest BCUT2D eigenvalue weighted by atomic mass is 32.1. The number of aromatic amines is 1. The van der Waals surface area contributed by atoms with Crippen molar-refractivity contribution in [3.8, 4) is 0 Å². The highest BCUT2D eigenvalue weighted by Gasteiger charge is 2.27. The van der Waals surface area contributed by atoms with E-state index in [1.165, 1.54) is 28.5 Å². The molecular weight excluding hydrogens is 340 g/mol. The topological polar surface area (TPSA) is 96.8 Å². The van der Waals surface area contributed by atoms with Crippen molar-refractivity contribution in [2.75, 3.05) is 5.32 Å². The lowest BCUT2D eigenvalue weighted by Gasteiger charge is -2.27. The zero-order valence-corrected chi connectivity index (χ0v) is 15.0. The molecule has 2 aromatic heterocycles. The van der Waals surface area contributed by atoms with Gasteiger partial charge < -0.3 is 5.32 Å². The molecule has 1 amide bonds. The van der Waals surface area contributed by atoms with Crippen LogP contribution in [0.5, 0.6) is 0 Å². The summed E-state index contributed by atoms with van der Waals surface area (Å²) >= 11 is 1.33. The Morgan fingerprint density at radius 3 is 2.84 bits per heavy atom. The van der Waals surface area contributed by atoms with E-state index in [-0.39, 0.29) is 5.91 Å². The first-order valence-electron chi connectivity index (χ1n) is 8.57. The third-order valence-corrected chi connectivity index (χ3v) is 5.42. The number of aryl methyl sites for hydroxylation is 1. The van der Waals surface area contributed by atoms with Gasteiger partial charge in [-0.25, -0.2) is 9.78 Å². The number of carbonyl (C=O) groups excluding carboxylic acids is 1. The maximum absolute atomic E-state index is 12.8. The van der Waals surface area contributed by atoms with E-state index in [1.54, 1.807) is 18.5 Å². The number of carbonyl (C=O) groups is 1. The van der Waals surface area contributed by atoms with Crippen molar-refractivity contribution in [3.05, 3.63) is 44.2 Å². The molecule has 0 aliphatic heterocycles. The van der Waals surface area contributed by atoms with Crippen LogP contribution in [0.25, 0.3) is 0 Å². The monoisotopic (exact) mass is 362 g/mol. The molecule has 2 N–H and O–H groups in total. The maximum atomic E-state index is 12.8. The van der Waals surface area contributed by atoms with Crippen LogP contribution in [0.15, 0.2) is 27.4 Å². The average Bonchev–Trinajstić information content (AvgIpc) is 3.10. The quantitative estimate of drug-likeness (QED) is 0.854. The molecule has 1 aliphatic carbocycles. The van der Waals surface area contributed by atoms with E-state index < -0.39 is 17.3 Å². The molecule has 1 saturated carbocycles. The van der Waals surface area contributed by atoms with Crippen LogP contribution in [-0.2, 0) is 4.79 Å². The fourth-order valence-electron chi connectivity index (χ4n) is 3.38. The van der Waals surface area contributed by atoms with Crippen molar-refractivity contribution in [1.29, 1.82) is 0 Å². The number of thiazole rings is 1. The molecule has 0 saturated heterocycles. The Morgan fingerprint density at radius 1 is 1.40 bits per heavy atom. The van der Waals surface area contributed by atoms with Crippen LogP contribution in [0.4, 0.5) is 5.13 Å². The lowest BCUT2D eigenvalue weighted by atomic mass is 9.84. The number of anilines is 1. The molecule has 0 aromatic carbocycles. The smallest absolute Gasteiger partial charge is 0.300 e. The molecule has 25 heavy (non-hydrogen) atoms. The van der Waals surface area contributed by atoms with Gasteiger partial charge in [0.05, 0.1) is 0 Å². The number of nitrogens with zero attached hydrogens (tertiary/aromatic N) is 2. The summed E-state index contributed by atoms with van der Waals surface area (Å²) in [6.45, 7) is 1.63. The highest BCUT2D eigenvalue weighted by molar-refractivity contribution is 7.13. The average molecular weight is 362 g/mol. The molecule has 0 radical (unpaired) electrons. The van der Waals surface area contributed by atoms with E-state index >= 15 is 0 Å². The minimum absolute atomic E-state index is 0.269. The summed E-state index contributed by atoms with van der Waals surface area (Å²) in [5, 5.41) is 5.08. The Bertz CT molecular complexity index is 834. The lowest BCUT2D eigenvalue weighted by Crippen LogP contribution is -2.39. The van der Waals surface area contributed by atoms with E-state index in [9.17, 15) is 14.4 Å². The Balaban J connectivity index is 1.90. The highest BCUT2D eigenvalue weighted by Crippen LogP contribution is 2.31. The second-order valence-electron chi connectivity index (χ2n) is 6.56. The van der Waals surface area contributed by atoms with Gasteiger partial charge in [-0.15, -0.1) is 11.3 Å². The van der Waals surface area contributed by atoms with Crippen molar-refractivity contribution in [1.82, 2.24) is 14.5 Å². The lowest BCUT2D eigenvalue weighted by molar-refractivity contribution is -0.120. The molecule has 1 atom stereocenters. The summed E-state index contributed by atoms with van der Waals surface area (Å²) in [6, 6.07) is -0.657. The van der Waals surface area contributed by atoms with Crippen LogP contribution in [0, 0.1) is 12.8 Å². The van der Waals surface area contributed by atoms with Crippen LogP contribution in [0.1, 0.15) is 50.1 Å². The number of hydrogen-bond donors (Lipinski definition) is 2. The minimum atomic E-state index is -0.657. The predicted octanol–water partition coefficient (Wildman–Crippen LogP) is 2.45.